The maximum atomic E-state index is 12.6. The standard InChI is InChI=1S/C27H34N2O3/c1-4-16-28(17-5-2)19-23(30)20-29-18-22(25-8-6-7-9-26(25)29)12-15-27(31)21-10-13-24(32-3)14-11-21/h6-15,18,23,30H,4-5,16-17,19-20H2,1-3H3/p+1/b15-12+/t23-/m0/s1. The van der Waals surface area contributed by atoms with E-state index in [-0.39, 0.29) is 5.78 Å². The molecule has 0 fully saturated rings. The average Bonchev–Trinajstić information content (AvgIpc) is 3.15. The summed E-state index contributed by atoms with van der Waals surface area (Å²) in [7, 11) is 1.61. The number of rotatable bonds is 12. The molecule has 5 heteroatoms. The fourth-order valence-corrected chi connectivity index (χ4v) is 4.24. The summed E-state index contributed by atoms with van der Waals surface area (Å²) in [6.45, 7) is 7.82. The van der Waals surface area contributed by atoms with Crippen molar-refractivity contribution >= 4 is 22.8 Å². The van der Waals surface area contributed by atoms with E-state index in [1.54, 1.807) is 37.5 Å². The molecule has 1 aromatic heterocycles. The van der Waals surface area contributed by atoms with E-state index in [9.17, 15) is 9.90 Å². The smallest absolute Gasteiger partial charge is 0.185 e. The van der Waals surface area contributed by atoms with Crippen molar-refractivity contribution in [2.75, 3.05) is 26.7 Å². The number of allylic oxidation sites excluding steroid dienone is 1. The van der Waals surface area contributed by atoms with Crippen LogP contribution < -0.4 is 9.64 Å². The van der Waals surface area contributed by atoms with Gasteiger partial charge in [-0.1, -0.05) is 32.0 Å². The maximum absolute atomic E-state index is 12.6. The number of benzene rings is 2. The Labute approximate surface area is 190 Å². The van der Waals surface area contributed by atoms with Gasteiger partial charge in [-0.25, -0.2) is 0 Å². The van der Waals surface area contributed by atoms with Crippen LogP contribution in [0.15, 0.2) is 60.8 Å². The summed E-state index contributed by atoms with van der Waals surface area (Å²) in [5.41, 5.74) is 2.66. The number of ketones is 1. The average molecular weight is 436 g/mol. The van der Waals surface area contributed by atoms with Crippen molar-refractivity contribution in [1.82, 2.24) is 4.57 Å². The third-order valence-electron chi connectivity index (χ3n) is 5.75. The second-order valence-electron chi connectivity index (χ2n) is 8.29. The number of ether oxygens (including phenoxy) is 1. The molecular weight excluding hydrogens is 400 g/mol. The van der Waals surface area contributed by atoms with Crippen molar-refractivity contribution in [3.63, 3.8) is 0 Å². The number of aliphatic hydroxyl groups excluding tert-OH is 1. The van der Waals surface area contributed by atoms with E-state index in [1.807, 2.05) is 24.4 Å². The second kappa shape index (κ2) is 11.7. The number of methoxy groups -OCH3 is 1. The van der Waals surface area contributed by atoms with E-state index in [0.29, 0.717) is 12.1 Å². The lowest BCUT2D eigenvalue weighted by Crippen LogP contribution is -3.13. The monoisotopic (exact) mass is 435 g/mol. The molecule has 3 aromatic rings. The summed E-state index contributed by atoms with van der Waals surface area (Å²) < 4.78 is 7.26. The summed E-state index contributed by atoms with van der Waals surface area (Å²) in [5, 5.41) is 11.9. The predicted octanol–water partition coefficient (Wildman–Crippen LogP) is 3.61. The fourth-order valence-electron chi connectivity index (χ4n) is 4.24. The molecule has 0 unspecified atom stereocenters. The van der Waals surface area contributed by atoms with Crippen molar-refractivity contribution in [2.45, 2.75) is 39.3 Å². The van der Waals surface area contributed by atoms with Gasteiger partial charge in [0.25, 0.3) is 0 Å². The molecule has 5 nitrogen and oxygen atoms in total. The molecule has 0 radical (unpaired) electrons. The van der Waals surface area contributed by atoms with Gasteiger partial charge in [0.15, 0.2) is 5.78 Å². The Balaban J connectivity index is 1.77. The highest BCUT2D eigenvalue weighted by molar-refractivity contribution is 6.07. The first kappa shape index (κ1) is 23.8. The van der Waals surface area contributed by atoms with Crippen molar-refractivity contribution in [3.8, 4) is 5.75 Å². The molecule has 0 aliphatic heterocycles. The molecule has 0 bridgehead atoms. The number of carbonyl (C=O) groups is 1. The number of quaternary nitrogens is 1. The predicted molar refractivity (Wildman–Crippen MR) is 130 cm³/mol. The highest BCUT2D eigenvalue weighted by atomic mass is 16.5. The van der Waals surface area contributed by atoms with Gasteiger partial charge in [-0.05, 0) is 55.3 Å². The zero-order chi connectivity index (χ0) is 22.9. The molecule has 1 heterocycles. The van der Waals surface area contributed by atoms with Gasteiger partial charge in [0.2, 0.25) is 0 Å². The Morgan fingerprint density at radius 3 is 2.44 bits per heavy atom. The highest BCUT2D eigenvalue weighted by Gasteiger charge is 2.16. The molecule has 2 N–H and O–H groups in total. The molecular formula is C27H35N2O3+. The van der Waals surface area contributed by atoms with E-state index in [0.717, 1.165) is 54.7 Å². The number of fused-ring (bicyclic) bond motifs is 1. The maximum Gasteiger partial charge on any atom is 0.185 e. The first-order valence-corrected chi connectivity index (χ1v) is 11.5. The quantitative estimate of drug-likeness (QED) is 0.338. The van der Waals surface area contributed by atoms with Gasteiger partial charge in [0.05, 0.1) is 26.7 Å². The summed E-state index contributed by atoms with van der Waals surface area (Å²) in [6, 6.07) is 15.2. The first-order chi connectivity index (χ1) is 15.5. The molecule has 1 atom stereocenters. The molecule has 2 aromatic carbocycles. The van der Waals surface area contributed by atoms with Crippen molar-refractivity contribution in [2.24, 2.45) is 0 Å². The van der Waals surface area contributed by atoms with Crippen LogP contribution in [0.3, 0.4) is 0 Å². The van der Waals surface area contributed by atoms with Crippen LogP contribution in [0.25, 0.3) is 17.0 Å². The van der Waals surface area contributed by atoms with Gasteiger partial charge in [-0.3, -0.25) is 4.79 Å². The summed E-state index contributed by atoms with van der Waals surface area (Å²) in [6.07, 6.45) is 7.32. The zero-order valence-corrected chi connectivity index (χ0v) is 19.4. The molecule has 32 heavy (non-hydrogen) atoms. The first-order valence-electron chi connectivity index (χ1n) is 11.5. The minimum atomic E-state index is -0.420. The Hall–Kier alpha value is -2.89. The normalized spacial score (nSPS) is 12.7. The van der Waals surface area contributed by atoms with E-state index in [1.165, 1.54) is 4.90 Å². The van der Waals surface area contributed by atoms with Crippen LogP contribution in [0, 0.1) is 0 Å². The van der Waals surface area contributed by atoms with Gasteiger partial charge in [0, 0.05) is 28.2 Å². The SMILES string of the molecule is CCC[NH+](CCC)C[C@H](O)Cn1cc(/C=C/C(=O)c2ccc(OC)cc2)c2ccccc21. The number of aromatic nitrogens is 1. The minimum Gasteiger partial charge on any atom is -0.497 e. The van der Waals surface area contributed by atoms with Crippen molar-refractivity contribution in [3.05, 3.63) is 71.9 Å². The molecule has 0 saturated carbocycles. The van der Waals surface area contributed by atoms with Gasteiger partial charge in [-0.15, -0.1) is 0 Å². The van der Waals surface area contributed by atoms with Crippen LogP contribution >= 0.6 is 0 Å². The van der Waals surface area contributed by atoms with Crippen LogP contribution in [0.1, 0.15) is 42.6 Å². The molecule has 170 valence electrons. The zero-order valence-electron chi connectivity index (χ0n) is 19.4. The number of carbonyl (C=O) groups excluding carboxylic acids is 1. The lowest BCUT2D eigenvalue weighted by molar-refractivity contribution is -0.903. The number of para-hydroxylation sites is 1. The van der Waals surface area contributed by atoms with Gasteiger partial charge in [-0.2, -0.15) is 0 Å². The van der Waals surface area contributed by atoms with Crippen LogP contribution in [0.2, 0.25) is 0 Å². The fraction of sp³-hybridized carbons (Fsp3) is 0.370. The molecule has 0 aliphatic rings. The Bertz CT molecular complexity index is 1030. The van der Waals surface area contributed by atoms with Crippen LogP contribution in [0.5, 0.6) is 5.75 Å². The van der Waals surface area contributed by atoms with Crippen molar-refractivity contribution in [1.29, 1.82) is 0 Å². The summed E-state index contributed by atoms with van der Waals surface area (Å²) >= 11 is 0. The van der Waals surface area contributed by atoms with Gasteiger partial charge >= 0.3 is 0 Å². The van der Waals surface area contributed by atoms with Crippen LogP contribution in [-0.2, 0) is 6.54 Å². The van der Waals surface area contributed by atoms with E-state index in [2.05, 4.69) is 30.5 Å². The van der Waals surface area contributed by atoms with E-state index in [4.69, 9.17) is 4.74 Å². The second-order valence-corrected chi connectivity index (χ2v) is 8.29. The highest BCUT2D eigenvalue weighted by Crippen LogP contribution is 2.23. The molecule has 0 aliphatic carbocycles. The topological polar surface area (TPSA) is 55.9 Å². The van der Waals surface area contributed by atoms with Crippen LogP contribution in [0.4, 0.5) is 0 Å². The molecule has 3 rings (SSSR count). The molecule has 0 spiro atoms. The molecule has 0 saturated heterocycles. The Morgan fingerprint density at radius 1 is 1.09 bits per heavy atom. The lowest BCUT2D eigenvalue weighted by Gasteiger charge is -2.22. The van der Waals surface area contributed by atoms with E-state index < -0.39 is 6.10 Å². The number of hydrogen-bond donors (Lipinski definition) is 2. The van der Waals surface area contributed by atoms with Crippen LogP contribution in [-0.4, -0.2) is 48.3 Å². The largest absolute Gasteiger partial charge is 0.497 e. The third-order valence-corrected chi connectivity index (χ3v) is 5.75. The number of aliphatic hydroxyl groups is 1. The number of hydrogen-bond acceptors (Lipinski definition) is 3. The summed E-state index contributed by atoms with van der Waals surface area (Å²) in [5.74, 6) is 0.674. The van der Waals surface area contributed by atoms with Gasteiger partial charge < -0.3 is 19.3 Å². The van der Waals surface area contributed by atoms with Crippen molar-refractivity contribution < 1.29 is 19.5 Å². The number of nitrogens with zero attached hydrogens (tertiary/aromatic N) is 1. The Kier molecular flexibility index (Phi) is 8.65. The summed E-state index contributed by atoms with van der Waals surface area (Å²) in [4.78, 5) is 14.1. The molecule has 0 amide bonds. The van der Waals surface area contributed by atoms with Gasteiger partial charge in [0.1, 0.15) is 18.4 Å². The lowest BCUT2D eigenvalue weighted by atomic mass is 10.1. The third kappa shape index (κ3) is 6.09. The number of nitrogens with one attached hydrogen (secondary N) is 1. The van der Waals surface area contributed by atoms with E-state index >= 15 is 0 Å². The Morgan fingerprint density at radius 2 is 1.78 bits per heavy atom. The minimum absolute atomic E-state index is 0.0529.